The van der Waals surface area contributed by atoms with E-state index < -0.39 is 0 Å². The van der Waals surface area contributed by atoms with Gasteiger partial charge in [-0.3, -0.25) is 4.79 Å². The van der Waals surface area contributed by atoms with Crippen molar-refractivity contribution in [2.45, 2.75) is 45.8 Å². The summed E-state index contributed by atoms with van der Waals surface area (Å²) in [5.41, 5.74) is 0.425. The van der Waals surface area contributed by atoms with Gasteiger partial charge in [0.2, 0.25) is 5.91 Å². The normalized spacial score (nSPS) is 11.3. The smallest absolute Gasteiger partial charge is 0.230 e. The summed E-state index contributed by atoms with van der Waals surface area (Å²) in [5, 5.41) is 11.9. The summed E-state index contributed by atoms with van der Waals surface area (Å²) < 4.78 is 16.1. The molecule has 0 bridgehead atoms. The van der Waals surface area contributed by atoms with Gasteiger partial charge in [-0.1, -0.05) is 51.6 Å². The van der Waals surface area contributed by atoms with Crippen molar-refractivity contribution in [3.05, 3.63) is 30.1 Å². The van der Waals surface area contributed by atoms with Crippen LogP contribution in [0.5, 0.6) is 0 Å². The zero-order valence-electron chi connectivity index (χ0n) is 15.8. The molecule has 0 aliphatic carbocycles. The Bertz CT molecular complexity index is 730. The number of rotatable bonds is 9. The lowest BCUT2D eigenvalue weighted by Gasteiger charge is -2.13. The fraction of sp³-hybridized carbons (Fsp3) is 0.526. The Labute approximate surface area is 158 Å². The summed E-state index contributed by atoms with van der Waals surface area (Å²) in [7, 11) is 0. The van der Waals surface area contributed by atoms with E-state index in [1.54, 1.807) is 18.2 Å². The van der Waals surface area contributed by atoms with Crippen molar-refractivity contribution in [1.29, 1.82) is 0 Å². The predicted octanol–water partition coefficient (Wildman–Crippen LogP) is 3.99. The van der Waals surface area contributed by atoms with E-state index in [0.29, 0.717) is 41.5 Å². The first-order valence-corrected chi connectivity index (χ1v) is 9.94. The molecule has 0 radical (unpaired) electrons. The molecule has 0 atom stereocenters. The number of carbonyl (C=O) groups is 1. The van der Waals surface area contributed by atoms with Gasteiger partial charge in [-0.05, 0) is 30.4 Å². The number of halogens is 1. The van der Waals surface area contributed by atoms with E-state index in [0.717, 1.165) is 6.42 Å². The first-order chi connectivity index (χ1) is 12.4. The quantitative estimate of drug-likeness (QED) is 0.670. The van der Waals surface area contributed by atoms with Crippen LogP contribution in [0.3, 0.4) is 0 Å². The standard InChI is InChI=1S/C19H27FN4OS/c1-13(2)9-10-21-17(25)12-26-19-23-22-18(24(19)11-14(3)4)15-7-5-6-8-16(15)20/h5-8,13-14H,9-12H2,1-4H3,(H,21,25). The number of nitrogens with zero attached hydrogens (tertiary/aromatic N) is 3. The lowest BCUT2D eigenvalue weighted by molar-refractivity contribution is -0.118. The second kappa shape index (κ2) is 9.71. The van der Waals surface area contributed by atoms with Crippen LogP contribution in [0.25, 0.3) is 11.4 Å². The van der Waals surface area contributed by atoms with Crippen molar-refractivity contribution in [1.82, 2.24) is 20.1 Å². The van der Waals surface area contributed by atoms with Gasteiger partial charge in [0, 0.05) is 13.1 Å². The van der Waals surface area contributed by atoms with Gasteiger partial charge in [-0.25, -0.2) is 4.39 Å². The Balaban J connectivity index is 2.11. The van der Waals surface area contributed by atoms with Crippen LogP contribution in [0.15, 0.2) is 29.4 Å². The lowest BCUT2D eigenvalue weighted by atomic mass is 10.1. The number of hydrogen-bond donors (Lipinski definition) is 1. The van der Waals surface area contributed by atoms with Gasteiger partial charge in [0.15, 0.2) is 11.0 Å². The van der Waals surface area contributed by atoms with Crippen LogP contribution in [0.1, 0.15) is 34.1 Å². The highest BCUT2D eigenvalue weighted by molar-refractivity contribution is 7.99. The largest absolute Gasteiger partial charge is 0.355 e. The van der Waals surface area contributed by atoms with Gasteiger partial charge in [0.1, 0.15) is 5.82 Å². The molecule has 0 saturated carbocycles. The van der Waals surface area contributed by atoms with E-state index in [4.69, 9.17) is 0 Å². The molecule has 0 aliphatic rings. The topological polar surface area (TPSA) is 59.8 Å². The van der Waals surface area contributed by atoms with E-state index >= 15 is 0 Å². The van der Waals surface area contributed by atoms with E-state index in [-0.39, 0.29) is 17.5 Å². The first-order valence-electron chi connectivity index (χ1n) is 8.96. The predicted molar refractivity (Wildman–Crippen MR) is 103 cm³/mol. The second-order valence-electron chi connectivity index (χ2n) is 7.11. The Morgan fingerprint density at radius 1 is 1.19 bits per heavy atom. The van der Waals surface area contributed by atoms with Crippen molar-refractivity contribution >= 4 is 17.7 Å². The van der Waals surface area contributed by atoms with Gasteiger partial charge < -0.3 is 9.88 Å². The average Bonchev–Trinajstić information content (AvgIpc) is 2.95. The Morgan fingerprint density at radius 2 is 1.92 bits per heavy atom. The molecular formula is C19H27FN4OS. The number of aromatic nitrogens is 3. The molecule has 142 valence electrons. The summed E-state index contributed by atoms with van der Waals surface area (Å²) in [4.78, 5) is 12.0. The third kappa shape index (κ3) is 5.83. The van der Waals surface area contributed by atoms with Crippen LogP contribution in [0, 0.1) is 17.7 Å². The maximum absolute atomic E-state index is 14.2. The molecule has 2 aromatic rings. The Hall–Kier alpha value is -1.89. The molecule has 1 amide bonds. The molecule has 1 aromatic heterocycles. The van der Waals surface area contributed by atoms with Crippen molar-refractivity contribution in [3.63, 3.8) is 0 Å². The van der Waals surface area contributed by atoms with E-state index in [1.807, 2.05) is 4.57 Å². The first kappa shape index (κ1) is 20.4. The van der Waals surface area contributed by atoms with E-state index in [2.05, 4.69) is 43.2 Å². The SMILES string of the molecule is CC(C)CCNC(=O)CSc1nnc(-c2ccccc2F)n1CC(C)C. The molecule has 1 heterocycles. The number of benzene rings is 1. The molecule has 0 fully saturated rings. The van der Waals surface area contributed by atoms with Crippen LogP contribution in [-0.2, 0) is 11.3 Å². The molecule has 2 rings (SSSR count). The zero-order valence-corrected chi connectivity index (χ0v) is 16.6. The van der Waals surface area contributed by atoms with Crippen molar-refractivity contribution < 1.29 is 9.18 Å². The van der Waals surface area contributed by atoms with Gasteiger partial charge in [0.25, 0.3) is 0 Å². The minimum Gasteiger partial charge on any atom is -0.355 e. The number of carbonyl (C=O) groups excluding carboxylic acids is 1. The van der Waals surface area contributed by atoms with Crippen molar-refractivity contribution in [3.8, 4) is 11.4 Å². The minimum absolute atomic E-state index is 0.0258. The third-order valence-corrected chi connectivity index (χ3v) is 4.72. The van der Waals surface area contributed by atoms with Crippen LogP contribution >= 0.6 is 11.8 Å². The van der Waals surface area contributed by atoms with E-state index in [9.17, 15) is 9.18 Å². The number of amides is 1. The highest BCUT2D eigenvalue weighted by atomic mass is 32.2. The van der Waals surface area contributed by atoms with Gasteiger partial charge in [-0.2, -0.15) is 0 Å². The van der Waals surface area contributed by atoms with Gasteiger partial charge >= 0.3 is 0 Å². The molecular weight excluding hydrogens is 351 g/mol. The molecule has 0 unspecified atom stereocenters. The summed E-state index contributed by atoms with van der Waals surface area (Å²) in [6.07, 6.45) is 0.956. The fourth-order valence-corrected chi connectivity index (χ4v) is 3.23. The highest BCUT2D eigenvalue weighted by Crippen LogP contribution is 2.26. The second-order valence-corrected chi connectivity index (χ2v) is 8.05. The van der Waals surface area contributed by atoms with Crippen LogP contribution < -0.4 is 5.32 Å². The molecule has 0 spiro atoms. The van der Waals surface area contributed by atoms with Gasteiger partial charge in [-0.15, -0.1) is 10.2 Å². The maximum Gasteiger partial charge on any atom is 0.230 e. The molecule has 26 heavy (non-hydrogen) atoms. The summed E-state index contributed by atoms with van der Waals surface area (Å²) in [6, 6.07) is 6.54. The highest BCUT2D eigenvalue weighted by Gasteiger charge is 2.18. The number of hydrogen-bond acceptors (Lipinski definition) is 4. The maximum atomic E-state index is 14.2. The molecule has 5 nitrogen and oxygen atoms in total. The average molecular weight is 379 g/mol. The molecule has 0 aliphatic heterocycles. The minimum atomic E-state index is -0.326. The summed E-state index contributed by atoms with van der Waals surface area (Å²) in [6.45, 7) is 9.75. The number of nitrogens with one attached hydrogen (secondary N) is 1. The lowest BCUT2D eigenvalue weighted by Crippen LogP contribution is -2.27. The Kier molecular flexibility index (Phi) is 7.63. The molecule has 1 N–H and O–H groups in total. The molecule has 1 aromatic carbocycles. The Morgan fingerprint density at radius 3 is 2.58 bits per heavy atom. The number of thioether (sulfide) groups is 1. The van der Waals surface area contributed by atoms with E-state index in [1.165, 1.54) is 17.8 Å². The monoisotopic (exact) mass is 378 g/mol. The molecule has 0 saturated heterocycles. The van der Waals surface area contributed by atoms with Gasteiger partial charge in [0.05, 0.1) is 11.3 Å². The van der Waals surface area contributed by atoms with Crippen LogP contribution in [-0.4, -0.2) is 33.0 Å². The van der Waals surface area contributed by atoms with Crippen molar-refractivity contribution in [2.75, 3.05) is 12.3 Å². The molecule has 7 heteroatoms. The fourth-order valence-electron chi connectivity index (χ4n) is 2.45. The summed E-state index contributed by atoms with van der Waals surface area (Å²) >= 11 is 1.33. The zero-order chi connectivity index (χ0) is 19.1. The van der Waals surface area contributed by atoms with Crippen molar-refractivity contribution in [2.24, 2.45) is 11.8 Å². The van der Waals surface area contributed by atoms with Crippen LogP contribution in [0.4, 0.5) is 4.39 Å². The third-order valence-electron chi connectivity index (χ3n) is 3.76. The van der Waals surface area contributed by atoms with Crippen LogP contribution in [0.2, 0.25) is 0 Å². The summed E-state index contributed by atoms with van der Waals surface area (Å²) in [5.74, 6) is 1.32.